The van der Waals surface area contributed by atoms with Crippen LogP contribution >= 0.6 is 11.6 Å². The first kappa shape index (κ1) is 18.2. The van der Waals surface area contributed by atoms with Crippen LogP contribution in [0, 0.1) is 6.92 Å². The number of aryl methyl sites for hydroxylation is 1. The molecule has 0 radical (unpaired) electrons. The summed E-state index contributed by atoms with van der Waals surface area (Å²) in [5.74, 6) is 1.62. The highest BCUT2D eigenvalue weighted by Gasteiger charge is 2.20. The third-order valence-corrected chi connectivity index (χ3v) is 4.50. The molecule has 0 bridgehead atoms. The summed E-state index contributed by atoms with van der Waals surface area (Å²) >= 11 is 5.84. The standard InChI is InChI=1S/C18H24ClN3O3/c1-14-10-18(25-20-14)12-22-8-6-21(7-9-22)11-16(23)13-24-17-4-2-15(19)3-5-17/h2-5,10,16,23H,6-9,11-13H2,1H3. The summed E-state index contributed by atoms with van der Waals surface area (Å²) in [5.41, 5.74) is 0.914. The highest BCUT2D eigenvalue weighted by molar-refractivity contribution is 6.30. The first-order valence-electron chi connectivity index (χ1n) is 8.52. The number of hydrogen-bond donors (Lipinski definition) is 1. The zero-order chi connectivity index (χ0) is 17.6. The number of benzene rings is 1. The lowest BCUT2D eigenvalue weighted by Crippen LogP contribution is -2.48. The van der Waals surface area contributed by atoms with Crippen LogP contribution in [-0.2, 0) is 6.54 Å². The van der Waals surface area contributed by atoms with Gasteiger partial charge >= 0.3 is 0 Å². The third kappa shape index (κ3) is 5.71. The van der Waals surface area contributed by atoms with Crippen molar-refractivity contribution in [3.8, 4) is 5.75 Å². The number of aliphatic hydroxyl groups excluding tert-OH is 1. The molecule has 7 heteroatoms. The van der Waals surface area contributed by atoms with Crippen molar-refractivity contribution in [1.82, 2.24) is 15.0 Å². The van der Waals surface area contributed by atoms with E-state index in [-0.39, 0.29) is 6.61 Å². The normalized spacial score (nSPS) is 17.6. The third-order valence-electron chi connectivity index (χ3n) is 4.25. The van der Waals surface area contributed by atoms with Gasteiger partial charge in [-0.1, -0.05) is 16.8 Å². The second kappa shape index (κ2) is 8.67. The van der Waals surface area contributed by atoms with Crippen molar-refractivity contribution in [3.05, 3.63) is 46.8 Å². The number of aromatic nitrogens is 1. The van der Waals surface area contributed by atoms with Gasteiger partial charge in [0.2, 0.25) is 0 Å². The van der Waals surface area contributed by atoms with E-state index in [9.17, 15) is 5.11 Å². The number of ether oxygens (including phenoxy) is 1. The summed E-state index contributed by atoms with van der Waals surface area (Å²) in [7, 11) is 0. The molecule has 2 heterocycles. The van der Waals surface area contributed by atoms with E-state index in [0.29, 0.717) is 11.6 Å². The van der Waals surface area contributed by atoms with Crippen molar-refractivity contribution in [2.75, 3.05) is 39.3 Å². The van der Waals surface area contributed by atoms with Crippen LogP contribution in [0.1, 0.15) is 11.5 Å². The number of nitrogens with zero attached hydrogens (tertiary/aromatic N) is 3. The Balaban J connectivity index is 1.35. The van der Waals surface area contributed by atoms with Crippen LogP contribution in [-0.4, -0.2) is 65.5 Å². The smallest absolute Gasteiger partial charge is 0.150 e. The second-order valence-corrected chi connectivity index (χ2v) is 6.87. The maximum Gasteiger partial charge on any atom is 0.150 e. The Morgan fingerprint density at radius 1 is 1.20 bits per heavy atom. The van der Waals surface area contributed by atoms with E-state index in [0.717, 1.165) is 49.9 Å². The molecular weight excluding hydrogens is 342 g/mol. The van der Waals surface area contributed by atoms with Crippen LogP contribution in [0.2, 0.25) is 5.02 Å². The van der Waals surface area contributed by atoms with E-state index < -0.39 is 6.10 Å². The molecule has 6 nitrogen and oxygen atoms in total. The lowest BCUT2D eigenvalue weighted by Gasteiger charge is -2.35. The van der Waals surface area contributed by atoms with E-state index in [1.54, 1.807) is 24.3 Å². The monoisotopic (exact) mass is 365 g/mol. The molecule has 0 amide bonds. The zero-order valence-electron chi connectivity index (χ0n) is 14.4. The van der Waals surface area contributed by atoms with Gasteiger partial charge in [-0.15, -0.1) is 0 Å². The van der Waals surface area contributed by atoms with E-state index >= 15 is 0 Å². The first-order valence-corrected chi connectivity index (χ1v) is 8.89. The van der Waals surface area contributed by atoms with Crippen LogP contribution in [0.3, 0.4) is 0 Å². The summed E-state index contributed by atoms with van der Waals surface area (Å²) in [6.45, 7) is 7.35. The van der Waals surface area contributed by atoms with Gasteiger partial charge in [0.25, 0.3) is 0 Å². The molecule has 0 saturated carbocycles. The fraction of sp³-hybridized carbons (Fsp3) is 0.500. The predicted octanol–water partition coefficient (Wildman–Crippen LogP) is 2.19. The minimum absolute atomic E-state index is 0.277. The Kier molecular flexibility index (Phi) is 6.31. The Labute approximate surface area is 152 Å². The van der Waals surface area contributed by atoms with Crippen molar-refractivity contribution in [1.29, 1.82) is 0 Å². The Hall–Kier alpha value is -1.60. The van der Waals surface area contributed by atoms with Gasteiger partial charge < -0.3 is 14.4 Å². The minimum atomic E-state index is -0.515. The van der Waals surface area contributed by atoms with Gasteiger partial charge in [0, 0.05) is 43.8 Å². The molecule has 1 aromatic heterocycles. The first-order chi connectivity index (χ1) is 12.1. The molecule has 2 aromatic rings. The fourth-order valence-electron chi connectivity index (χ4n) is 2.92. The molecule has 136 valence electrons. The quantitative estimate of drug-likeness (QED) is 0.811. The Morgan fingerprint density at radius 3 is 2.52 bits per heavy atom. The second-order valence-electron chi connectivity index (χ2n) is 6.43. The molecule has 1 aliphatic heterocycles. The molecule has 1 N–H and O–H groups in total. The van der Waals surface area contributed by atoms with E-state index in [2.05, 4.69) is 15.0 Å². The highest BCUT2D eigenvalue weighted by atomic mass is 35.5. The molecule has 1 atom stereocenters. The van der Waals surface area contributed by atoms with Gasteiger partial charge in [-0.25, -0.2) is 0 Å². The number of aliphatic hydroxyl groups is 1. The van der Waals surface area contributed by atoms with E-state index in [1.165, 1.54) is 0 Å². The van der Waals surface area contributed by atoms with Crippen LogP contribution < -0.4 is 4.74 Å². The topological polar surface area (TPSA) is 62.0 Å². The molecule has 1 aliphatic rings. The SMILES string of the molecule is Cc1cc(CN2CCN(CC(O)COc3ccc(Cl)cc3)CC2)on1. The van der Waals surface area contributed by atoms with Gasteiger partial charge in [0.15, 0.2) is 5.76 Å². The molecule has 3 rings (SSSR count). The van der Waals surface area contributed by atoms with E-state index in [4.69, 9.17) is 20.9 Å². The van der Waals surface area contributed by atoms with Crippen LogP contribution in [0.5, 0.6) is 5.75 Å². The summed E-state index contributed by atoms with van der Waals surface area (Å²) in [6, 6.07) is 9.14. The lowest BCUT2D eigenvalue weighted by atomic mass is 10.2. The van der Waals surface area contributed by atoms with Gasteiger partial charge in [0.05, 0.1) is 12.2 Å². The molecule has 1 aromatic carbocycles. The van der Waals surface area contributed by atoms with Gasteiger partial charge in [0.1, 0.15) is 18.5 Å². The number of hydrogen-bond acceptors (Lipinski definition) is 6. The molecule has 1 unspecified atom stereocenters. The Morgan fingerprint density at radius 2 is 1.88 bits per heavy atom. The van der Waals surface area contributed by atoms with Gasteiger partial charge in [-0.05, 0) is 31.2 Å². The zero-order valence-corrected chi connectivity index (χ0v) is 15.2. The highest BCUT2D eigenvalue weighted by Crippen LogP contribution is 2.16. The van der Waals surface area contributed by atoms with Crippen molar-refractivity contribution in [2.24, 2.45) is 0 Å². The molecule has 0 aliphatic carbocycles. The average Bonchev–Trinajstić information content (AvgIpc) is 3.01. The molecular formula is C18H24ClN3O3. The maximum absolute atomic E-state index is 10.2. The van der Waals surface area contributed by atoms with Crippen molar-refractivity contribution < 1.29 is 14.4 Å². The van der Waals surface area contributed by atoms with Crippen molar-refractivity contribution >= 4 is 11.6 Å². The van der Waals surface area contributed by atoms with Gasteiger partial charge in [-0.3, -0.25) is 9.80 Å². The van der Waals surface area contributed by atoms with Crippen LogP contribution in [0.4, 0.5) is 0 Å². The van der Waals surface area contributed by atoms with Crippen LogP contribution in [0.15, 0.2) is 34.9 Å². The summed E-state index contributed by atoms with van der Waals surface area (Å²) in [6.07, 6.45) is -0.515. The predicted molar refractivity (Wildman–Crippen MR) is 95.9 cm³/mol. The molecule has 1 fully saturated rings. The average molecular weight is 366 g/mol. The molecule has 25 heavy (non-hydrogen) atoms. The fourth-order valence-corrected chi connectivity index (χ4v) is 3.04. The van der Waals surface area contributed by atoms with Crippen LogP contribution in [0.25, 0.3) is 0 Å². The summed E-state index contributed by atoms with van der Waals surface area (Å²) in [4.78, 5) is 4.60. The number of rotatable bonds is 7. The summed E-state index contributed by atoms with van der Waals surface area (Å²) < 4.78 is 10.9. The molecule has 0 spiro atoms. The Bertz CT molecular complexity index is 654. The summed E-state index contributed by atoms with van der Waals surface area (Å²) in [5, 5.41) is 14.8. The van der Waals surface area contributed by atoms with Crippen molar-refractivity contribution in [3.63, 3.8) is 0 Å². The minimum Gasteiger partial charge on any atom is -0.491 e. The number of β-amino-alcohol motifs (C(OH)–C–C–N with tert-alkyl or cyclic N) is 1. The lowest BCUT2D eigenvalue weighted by molar-refractivity contribution is 0.0430. The van der Waals surface area contributed by atoms with Gasteiger partial charge in [-0.2, -0.15) is 0 Å². The molecule has 1 saturated heterocycles. The maximum atomic E-state index is 10.2. The number of halogens is 1. The van der Waals surface area contributed by atoms with E-state index in [1.807, 2.05) is 13.0 Å². The van der Waals surface area contributed by atoms with Crippen molar-refractivity contribution in [2.45, 2.75) is 19.6 Å². The number of piperazine rings is 1. The largest absolute Gasteiger partial charge is 0.491 e.